The van der Waals surface area contributed by atoms with Crippen LogP contribution in [-0.4, -0.2) is 27.9 Å². The zero-order chi connectivity index (χ0) is 22.3. The predicted octanol–water partition coefficient (Wildman–Crippen LogP) is 4.71. The Morgan fingerprint density at radius 2 is 1.94 bits per heavy atom. The second-order valence-corrected chi connectivity index (χ2v) is 11.3. The first-order chi connectivity index (χ1) is 14.7. The molecule has 164 valence electrons. The van der Waals surface area contributed by atoms with Crippen LogP contribution in [-0.2, 0) is 22.3 Å². The summed E-state index contributed by atoms with van der Waals surface area (Å²) in [5.41, 5.74) is 2.78. The molecule has 0 aliphatic heterocycles. The summed E-state index contributed by atoms with van der Waals surface area (Å²) in [4.78, 5) is 16.4. The van der Waals surface area contributed by atoms with Gasteiger partial charge in [-0.25, -0.2) is 28.5 Å². The molecule has 0 aliphatic rings. The van der Waals surface area contributed by atoms with Crippen LogP contribution in [0.15, 0.2) is 28.1 Å². The zero-order valence-electron chi connectivity index (χ0n) is 18.0. The monoisotopic (exact) mass is 475 g/mol. The third-order valence-corrected chi connectivity index (χ3v) is 8.29. The van der Waals surface area contributed by atoms with Crippen molar-refractivity contribution in [1.82, 2.24) is 19.5 Å². The molecule has 0 fully saturated rings. The Bertz CT molecular complexity index is 1390. The predicted molar refractivity (Wildman–Crippen MR) is 127 cm³/mol. The molecule has 1 aromatic carbocycles. The van der Waals surface area contributed by atoms with Crippen molar-refractivity contribution < 1.29 is 8.42 Å². The number of sulfonamides is 1. The first kappa shape index (κ1) is 22.2. The minimum atomic E-state index is -3.77. The standard InChI is InChI=1S/C21H25N5O2S3/c1-5-6-9-26-17-8-7-15(31(22,27)28)10-16(17)25-18(26)11-29-20-19-12(2)13(3)30-21(19)24-14(4)23-20/h7-8,10H,5-6,9,11H2,1-4H3,(H2,22,27,28). The Labute approximate surface area is 190 Å². The lowest BCUT2D eigenvalue weighted by Gasteiger charge is -2.09. The van der Waals surface area contributed by atoms with Crippen molar-refractivity contribution >= 4 is 54.4 Å². The molecule has 0 saturated heterocycles. The van der Waals surface area contributed by atoms with Crippen molar-refractivity contribution in [3.05, 3.63) is 40.3 Å². The molecule has 10 heteroatoms. The van der Waals surface area contributed by atoms with Gasteiger partial charge < -0.3 is 4.57 Å². The largest absolute Gasteiger partial charge is 0.327 e. The van der Waals surface area contributed by atoms with Gasteiger partial charge in [0.1, 0.15) is 21.5 Å². The van der Waals surface area contributed by atoms with Gasteiger partial charge in [0.05, 0.1) is 21.7 Å². The van der Waals surface area contributed by atoms with Crippen LogP contribution in [0.2, 0.25) is 0 Å². The van der Waals surface area contributed by atoms with Crippen LogP contribution < -0.4 is 5.14 Å². The molecule has 0 saturated carbocycles. The number of hydrogen-bond acceptors (Lipinski definition) is 7. The number of fused-ring (bicyclic) bond motifs is 2. The van der Waals surface area contributed by atoms with E-state index >= 15 is 0 Å². The minimum absolute atomic E-state index is 0.0804. The molecule has 0 radical (unpaired) electrons. The fourth-order valence-electron chi connectivity index (χ4n) is 3.56. The number of nitrogens with two attached hydrogens (primary N) is 1. The number of imidazole rings is 1. The first-order valence-electron chi connectivity index (χ1n) is 10.1. The number of aryl methyl sites for hydroxylation is 4. The molecule has 0 bridgehead atoms. The number of benzene rings is 1. The number of aromatic nitrogens is 4. The molecule has 3 heterocycles. The topological polar surface area (TPSA) is 104 Å². The van der Waals surface area contributed by atoms with Gasteiger partial charge in [-0.05, 0) is 51.0 Å². The molecule has 4 aromatic rings. The van der Waals surface area contributed by atoms with Crippen LogP contribution in [0.4, 0.5) is 0 Å². The molecular weight excluding hydrogens is 450 g/mol. The summed E-state index contributed by atoms with van der Waals surface area (Å²) in [6, 6.07) is 4.90. The number of primary sulfonamides is 1. The molecule has 4 rings (SSSR count). The summed E-state index contributed by atoms with van der Waals surface area (Å²) in [5, 5.41) is 7.39. The number of rotatable bonds is 7. The van der Waals surface area contributed by atoms with Gasteiger partial charge >= 0.3 is 0 Å². The van der Waals surface area contributed by atoms with E-state index in [4.69, 9.17) is 15.1 Å². The Hall–Kier alpha value is -2.01. The minimum Gasteiger partial charge on any atom is -0.327 e. The van der Waals surface area contributed by atoms with E-state index in [1.165, 1.54) is 10.4 Å². The quantitative estimate of drug-likeness (QED) is 0.307. The maximum Gasteiger partial charge on any atom is 0.238 e. The van der Waals surface area contributed by atoms with E-state index in [2.05, 4.69) is 30.3 Å². The number of nitrogens with zero attached hydrogens (tertiary/aromatic N) is 4. The lowest BCUT2D eigenvalue weighted by Crippen LogP contribution is -2.11. The van der Waals surface area contributed by atoms with E-state index in [1.807, 2.05) is 6.92 Å². The number of thioether (sulfide) groups is 1. The fraction of sp³-hybridized carbons (Fsp3) is 0.381. The van der Waals surface area contributed by atoms with Crippen LogP contribution in [0.1, 0.15) is 41.9 Å². The highest BCUT2D eigenvalue weighted by molar-refractivity contribution is 7.98. The van der Waals surface area contributed by atoms with Crippen molar-refractivity contribution in [2.75, 3.05) is 0 Å². The summed E-state index contributed by atoms with van der Waals surface area (Å²) in [6.07, 6.45) is 2.07. The van der Waals surface area contributed by atoms with Gasteiger partial charge in [-0.3, -0.25) is 0 Å². The summed E-state index contributed by atoms with van der Waals surface area (Å²) < 4.78 is 25.7. The first-order valence-corrected chi connectivity index (χ1v) is 13.4. The summed E-state index contributed by atoms with van der Waals surface area (Å²) in [5.74, 6) is 2.28. The van der Waals surface area contributed by atoms with Gasteiger partial charge in [-0.1, -0.05) is 25.1 Å². The third kappa shape index (κ3) is 4.34. The van der Waals surface area contributed by atoms with Crippen molar-refractivity contribution in [2.24, 2.45) is 5.14 Å². The number of unbranched alkanes of at least 4 members (excludes halogenated alkanes) is 1. The molecule has 3 aromatic heterocycles. The van der Waals surface area contributed by atoms with Gasteiger partial charge in [-0.15, -0.1) is 11.3 Å². The van der Waals surface area contributed by atoms with E-state index in [0.29, 0.717) is 11.3 Å². The van der Waals surface area contributed by atoms with E-state index in [9.17, 15) is 8.42 Å². The normalized spacial score (nSPS) is 12.3. The number of thiophene rings is 1. The second-order valence-electron chi connectivity index (χ2n) is 7.56. The van der Waals surface area contributed by atoms with Gasteiger partial charge in [0.2, 0.25) is 10.0 Å². The highest BCUT2D eigenvalue weighted by Crippen LogP contribution is 2.36. The van der Waals surface area contributed by atoms with E-state index in [-0.39, 0.29) is 4.90 Å². The van der Waals surface area contributed by atoms with E-state index < -0.39 is 10.0 Å². The highest BCUT2D eigenvalue weighted by atomic mass is 32.2. The van der Waals surface area contributed by atoms with Crippen LogP contribution in [0.3, 0.4) is 0 Å². The van der Waals surface area contributed by atoms with Crippen molar-refractivity contribution in [1.29, 1.82) is 0 Å². The van der Waals surface area contributed by atoms with E-state index in [1.54, 1.807) is 41.3 Å². The van der Waals surface area contributed by atoms with Gasteiger partial charge in [0.15, 0.2) is 0 Å². The molecular formula is C21H25N5O2S3. The molecule has 0 spiro atoms. The fourth-order valence-corrected chi connectivity index (χ4v) is 6.31. The van der Waals surface area contributed by atoms with E-state index in [0.717, 1.165) is 51.8 Å². The lowest BCUT2D eigenvalue weighted by atomic mass is 10.2. The van der Waals surface area contributed by atoms with Crippen molar-refractivity contribution in [3.8, 4) is 0 Å². The summed E-state index contributed by atoms with van der Waals surface area (Å²) in [6.45, 7) is 9.11. The molecule has 0 unspecified atom stereocenters. The zero-order valence-corrected chi connectivity index (χ0v) is 20.4. The molecule has 0 amide bonds. The highest BCUT2D eigenvalue weighted by Gasteiger charge is 2.18. The van der Waals surface area contributed by atoms with Crippen molar-refractivity contribution in [3.63, 3.8) is 0 Å². The molecule has 31 heavy (non-hydrogen) atoms. The summed E-state index contributed by atoms with van der Waals surface area (Å²) in [7, 11) is -3.77. The Balaban J connectivity index is 1.75. The van der Waals surface area contributed by atoms with Crippen molar-refractivity contribution in [2.45, 2.75) is 62.8 Å². The third-order valence-electron chi connectivity index (χ3n) is 5.31. The lowest BCUT2D eigenvalue weighted by molar-refractivity contribution is 0.598. The SMILES string of the molecule is CCCCn1c(CSc2nc(C)nc3sc(C)c(C)c23)nc2cc(S(N)(=O)=O)ccc21. The van der Waals surface area contributed by atoms with Gasteiger partial charge in [0, 0.05) is 16.8 Å². The number of hydrogen-bond donors (Lipinski definition) is 1. The average Bonchev–Trinajstić information content (AvgIpc) is 3.19. The Morgan fingerprint density at radius 3 is 2.65 bits per heavy atom. The molecule has 0 aliphatic carbocycles. The Morgan fingerprint density at radius 1 is 1.16 bits per heavy atom. The smallest absolute Gasteiger partial charge is 0.238 e. The molecule has 0 atom stereocenters. The molecule has 7 nitrogen and oxygen atoms in total. The van der Waals surface area contributed by atoms with Crippen LogP contribution in [0, 0.1) is 20.8 Å². The maximum absolute atomic E-state index is 11.8. The second kappa shape index (κ2) is 8.50. The summed E-state index contributed by atoms with van der Waals surface area (Å²) >= 11 is 3.34. The van der Waals surface area contributed by atoms with Gasteiger partial charge in [-0.2, -0.15) is 0 Å². The Kier molecular flexibility index (Phi) is 6.08. The molecule has 2 N–H and O–H groups in total. The average molecular weight is 476 g/mol. The maximum atomic E-state index is 11.8. The van der Waals surface area contributed by atoms with Crippen LogP contribution in [0.25, 0.3) is 21.3 Å². The van der Waals surface area contributed by atoms with Crippen LogP contribution in [0.5, 0.6) is 0 Å². The van der Waals surface area contributed by atoms with Crippen LogP contribution >= 0.6 is 23.1 Å². The van der Waals surface area contributed by atoms with Gasteiger partial charge in [0.25, 0.3) is 0 Å².